The maximum atomic E-state index is 12.2. The Morgan fingerprint density at radius 1 is 1.39 bits per heavy atom. The standard InChI is InChI=1S/C10H16ClN3O3S/c1-5(2)8(10(11)15)14-18(16,17)9-6(3)12-13-7(9)4/h5,8,14H,1-4H3,(H,12,13). The summed E-state index contributed by atoms with van der Waals surface area (Å²) < 4.78 is 26.7. The molecule has 1 atom stereocenters. The molecule has 0 fully saturated rings. The number of halogens is 1. The fourth-order valence-corrected chi connectivity index (χ4v) is 3.69. The molecule has 6 nitrogen and oxygen atoms in total. The minimum Gasteiger partial charge on any atom is -0.281 e. The Hall–Kier alpha value is -0.920. The average Bonchev–Trinajstić information content (AvgIpc) is 2.54. The van der Waals surface area contributed by atoms with E-state index < -0.39 is 21.3 Å². The van der Waals surface area contributed by atoms with Crippen LogP contribution in [0.3, 0.4) is 0 Å². The minimum absolute atomic E-state index is 0.0612. The molecule has 0 aliphatic carbocycles. The molecule has 0 aliphatic rings. The molecule has 102 valence electrons. The molecule has 0 amide bonds. The van der Waals surface area contributed by atoms with E-state index >= 15 is 0 Å². The van der Waals surface area contributed by atoms with Gasteiger partial charge in [0, 0.05) is 0 Å². The van der Waals surface area contributed by atoms with Gasteiger partial charge in [-0.15, -0.1) is 0 Å². The van der Waals surface area contributed by atoms with Gasteiger partial charge in [-0.25, -0.2) is 8.42 Å². The predicted molar refractivity (Wildman–Crippen MR) is 67.9 cm³/mol. The number of aromatic amines is 1. The van der Waals surface area contributed by atoms with E-state index in [1.807, 2.05) is 0 Å². The molecular weight excluding hydrogens is 278 g/mol. The number of sulfonamides is 1. The molecule has 1 aromatic heterocycles. The van der Waals surface area contributed by atoms with Crippen LogP contribution in [-0.4, -0.2) is 29.9 Å². The third kappa shape index (κ3) is 3.09. The van der Waals surface area contributed by atoms with Crippen molar-refractivity contribution >= 4 is 26.9 Å². The van der Waals surface area contributed by atoms with Crippen LogP contribution < -0.4 is 4.72 Å². The van der Waals surface area contributed by atoms with E-state index in [0.29, 0.717) is 11.4 Å². The molecule has 0 bridgehead atoms. The largest absolute Gasteiger partial charge is 0.281 e. The fourth-order valence-electron chi connectivity index (χ4n) is 1.61. The molecule has 0 spiro atoms. The second-order valence-corrected chi connectivity index (χ2v) is 6.43. The fraction of sp³-hybridized carbons (Fsp3) is 0.600. The molecule has 0 saturated carbocycles. The first-order chi connectivity index (χ1) is 8.16. The molecule has 8 heteroatoms. The van der Waals surface area contributed by atoms with Crippen molar-refractivity contribution in [2.24, 2.45) is 5.92 Å². The molecule has 1 unspecified atom stereocenters. The molecule has 1 rings (SSSR count). The maximum Gasteiger partial charge on any atom is 0.244 e. The Kier molecular flexibility index (Phi) is 4.52. The SMILES string of the molecule is Cc1n[nH]c(C)c1S(=O)(=O)NC(C(=O)Cl)C(C)C. The lowest BCUT2D eigenvalue weighted by Crippen LogP contribution is -2.42. The van der Waals surface area contributed by atoms with Crippen molar-refractivity contribution in [2.75, 3.05) is 0 Å². The zero-order chi connectivity index (χ0) is 14.1. The average molecular weight is 294 g/mol. The number of carbonyl (C=O) groups is 1. The molecule has 1 heterocycles. The first-order valence-electron chi connectivity index (χ1n) is 5.40. The molecule has 1 aromatic rings. The van der Waals surface area contributed by atoms with Crippen molar-refractivity contribution in [1.82, 2.24) is 14.9 Å². The Labute approximate surface area is 111 Å². The smallest absolute Gasteiger partial charge is 0.244 e. The summed E-state index contributed by atoms with van der Waals surface area (Å²) in [5.41, 5.74) is 0.772. The van der Waals surface area contributed by atoms with Crippen molar-refractivity contribution < 1.29 is 13.2 Å². The summed E-state index contributed by atoms with van der Waals surface area (Å²) in [6.45, 7) is 6.59. The van der Waals surface area contributed by atoms with Gasteiger partial charge in [-0.1, -0.05) is 13.8 Å². The first kappa shape index (κ1) is 15.1. The van der Waals surface area contributed by atoms with Crippen LogP contribution in [0.1, 0.15) is 25.2 Å². The number of nitrogens with one attached hydrogen (secondary N) is 2. The van der Waals surface area contributed by atoms with Crippen molar-refractivity contribution in [3.63, 3.8) is 0 Å². The topological polar surface area (TPSA) is 91.9 Å². The van der Waals surface area contributed by atoms with Gasteiger partial charge in [-0.3, -0.25) is 9.89 Å². The zero-order valence-corrected chi connectivity index (χ0v) is 12.2. The second-order valence-electron chi connectivity index (χ2n) is 4.41. The lowest BCUT2D eigenvalue weighted by molar-refractivity contribution is -0.113. The van der Waals surface area contributed by atoms with E-state index in [2.05, 4.69) is 14.9 Å². The Balaban J connectivity index is 3.13. The number of rotatable bonds is 5. The van der Waals surface area contributed by atoms with Gasteiger partial charge in [-0.2, -0.15) is 9.82 Å². The number of hydrogen-bond acceptors (Lipinski definition) is 4. The van der Waals surface area contributed by atoms with Crippen LogP contribution in [-0.2, 0) is 14.8 Å². The Morgan fingerprint density at radius 3 is 2.28 bits per heavy atom. The number of aryl methyl sites for hydroxylation is 2. The van der Waals surface area contributed by atoms with Crippen LogP contribution in [0, 0.1) is 19.8 Å². The molecule has 0 saturated heterocycles. The van der Waals surface area contributed by atoms with E-state index in [0.717, 1.165) is 0 Å². The number of aromatic nitrogens is 2. The summed E-state index contributed by atoms with van der Waals surface area (Å²) in [4.78, 5) is 11.3. The highest BCUT2D eigenvalue weighted by atomic mass is 35.5. The van der Waals surface area contributed by atoms with Crippen molar-refractivity contribution in [3.05, 3.63) is 11.4 Å². The summed E-state index contributed by atoms with van der Waals surface area (Å²) >= 11 is 5.40. The van der Waals surface area contributed by atoms with Gasteiger partial charge >= 0.3 is 0 Å². The number of hydrogen-bond donors (Lipinski definition) is 2. The van der Waals surface area contributed by atoms with Crippen LogP contribution in [0.5, 0.6) is 0 Å². The van der Waals surface area contributed by atoms with Gasteiger partial charge in [0.1, 0.15) is 4.90 Å². The van der Waals surface area contributed by atoms with Crippen molar-refractivity contribution in [2.45, 2.75) is 38.6 Å². The molecule has 0 aromatic carbocycles. The summed E-state index contributed by atoms with van der Waals surface area (Å²) in [5, 5.41) is 5.68. The minimum atomic E-state index is -3.82. The molecule has 2 N–H and O–H groups in total. The van der Waals surface area contributed by atoms with E-state index in [9.17, 15) is 13.2 Å². The van der Waals surface area contributed by atoms with Gasteiger partial charge in [0.25, 0.3) is 0 Å². The van der Waals surface area contributed by atoms with E-state index in [-0.39, 0.29) is 10.8 Å². The van der Waals surface area contributed by atoms with E-state index in [1.54, 1.807) is 27.7 Å². The van der Waals surface area contributed by atoms with Gasteiger partial charge in [0.05, 0.1) is 17.4 Å². The van der Waals surface area contributed by atoms with Crippen LogP contribution >= 0.6 is 11.6 Å². The Morgan fingerprint density at radius 2 is 1.94 bits per heavy atom. The predicted octanol–water partition coefficient (Wildman–Crippen LogP) is 1.09. The number of carbonyl (C=O) groups excluding carboxylic acids is 1. The van der Waals surface area contributed by atoms with Crippen LogP contribution in [0.25, 0.3) is 0 Å². The van der Waals surface area contributed by atoms with Crippen LogP contribution in [0.15, 0.2) is 4.90 Å². The quantitative estimate of drug-likeness (QED) is 0.795. The summed E-state index contributed by atoms with van der Waals surface area (Å²) in [6, 6.07) is -0.953. The van der Waals surface area contributed by atoms with E-state index in [1.165, 1.54) is 0 Å². The highest BCUT2D eigenvalue weighted by molar-refractivity contribution is 7.89. The van der Waals surface area contributed by atoms with Gasteiger partial charge in [0.15, 0.2) is 0 Å². The maximum absolute atomic E-state index is 12.2. The Bertz CT molecular complexity index is 531. The molecule has 0 aliphatic heterocycles. The van der Waals surface area contributed by atoms with Gasteiger partial charge < -0.3 is 0 Å². The lowest BCUT2D eigenvalue weighted by Gasteiger charge is -2.18. The second kappa shape index (κ2) is 5.38. The van der Waals surface area contributed by atoms with Crippen molar-refractivity contribution in [3.8, 4) is 0 Å². The van der Waals surface area contributed by atoms with Crippen LogP contribution in [0.4, 0.5) is 0 Å². The summed E-state index contributed by atoms with van der Waals surface area (Å²) in [6.07, 6.45) is 0. The monoisotopic (exact) mass is 293 g/mol. The van der Waals surface area contributed by atoms with Crippen LogP contribution in [0.2, 0.25) is 0 Å². The lowest BCUT2D eigenvalue weighted by atomic mass is 10.1. The molecule has 0 radical (unpaired) electrons. The summed E-state index contributed by atoms with van der Waals surface area (Å²) in [7, 11) is -3.82. The normalized spacial score (nSPS) is 13.9. The van der Waals surface area contributed by atoms with Gasteiger partial charge in [0.2, 0.25) is 15.3 Å². The van der Waals surface area contributed by atoms with Crippen molar-refractivity contribution in [1.29, 1.82) is 0 Å². The first-order valence-corrected chi connectivity index (χ1v) is 7.26. The molecule has 18 heavy (non-hydrogen) atoms. The van der Waals surface area contributed by atoms with Gasteiger partial charge in [-0.05, 0) is 31.4 Å². The number of H-pyrrole nitrogens is 1. The van der Waals surface area contributed by atoms with E-state index in [4.69, 9.17) is 11.6 Å². The summed E-state index contributed by atoms with van der Waals surface area (Å²) in [5.74, 6) is -0.239. The third-order valence-electron chi connectivity index (χ3n) is 2.52. The highest BCUT2D eigenvalue weighted by Crippen LogP contribution is 2.18. The third-order valence-corrected chi connectivity index (χ3v) is 4.46. The molecular formula is C10H16ClN3O3S. The highest BCUT2D eigenvalue weighted by Gasteiger charge is 2.30. The number of nitrogens with zero attached hydrogens (tertiary/aromatic N) is 1. The zero-order valence-electron chi connectivity index (χ0n) is 10.6.